The smallest absolute Gasteiger partial charge is 0.0967 e. The highest BCUT2D eigenvalue weighted by Gasteiger charge is 2.38. The zero-order valence-electron chi connectivity index (χ0n) is 12.7. The van der Waals surface area contributed by atoms with E-state index in [0.717, 1.165) is 25.3 Å². The van der Waals surface area contributed by atoms with Crippen molar-refractivity contribution in [3.8, 4) is 0 Å². The van der Waals surface area contributed by atoms with Crippen LogP contribution in [-0.2, 0) is 13.6 Å². The van der Waals surface area contributed by atoms with E-state index in [2.05, 4.69) is 41.3 Å². The lowest BCUT2D eigenvalue weighted by Gasteiger charge is -2.49. The maximum absolute atomic E-state index is 4.25. The van der Waals surface area contributed by atoms with Gasteiger partial charge in [-0.1, -0.05) is 26.0 Å². The fraction of sp³-hybridized carbons (Fsp3) is 0.857. The van der Waals surface area contributed by atoms with Crippen molar-refractivity contribution in [2.24, 2.45) is 7.05 Å². The minimum Gasteiger partial charge on any atom is -0.311 e. The third kappa shape index (κ3) is 2.98. The molecule has 1 fully saturated rings. The molecule has 1 aromatic rings. The van der Waals surface area contributed by atoms with Crippen LogP contribution in [0.1, 0.15) is 45.7 Å². The van der Waals surface area contributed by atoms with Crippen LogP contribution in [0.2, 0.25) is 0 Å². The molecule has 0 aliphatic carbocycles. The normalized spacial score (nSPS) is 23.7. The Bertz CT molecular complexity index is 396. The van der Waals surface area contributed by atoms with Crippen molar-refractivity contribution in [1.82, 2.24) is 25.2 Å². The Kier molecular flexibility index (Phi) is 4.58. The molecule has 0 radical (unpaired) electrons. The lowest BCUT2D eigenvalue weighted by atomic mass is 9.86. The first-order valence-electron chi connectivity index (χ1n) is 7.47. The van der Waals surface area contributed by atoms with Gasteiger partial charge in [-0.15, -0.1) is 5.10 Å². The molecule has 2 rings (SSSR count). The second kappa shape index (κ2) is 6.01. The van der Waals surface area contributed by atoms with Crippen LogP contribution in [-0.4, -0.2) is 44.6 Å². The SMILES string of the molecule is CCC1CN(Cc2cn(C)nn2)C(CC)(CC)CN1. The van der Waals surface area contributed by atoms with Crippen molar-refractivity contribution in [2.75, 3.05) is 13.1 Å². The highest BCUT2D eigenvalue weighted by molar-refractivity contribution is 5.01. The molecule has 1 N–H and O–H groups in total. The second-order valence-corrected chi connectivity index (χ2v) is 5.68. The van der Waals surface area contributed by atoms with E-state index >= 15 is 0 Å². The molecular formula is C14H27N5. The molecule has 1 aliphatic heterocycles. The summed E-state index contributed by atoms with van der Waals surface area (Å²) in [5, 5.41) is 12.0. The molecule has 108 valence electrons. The van der Waals surface area contributed by atoms with Crippen LogP contribution in [0.25, 0.3) is 0 Å². The molecule has 0 spiro atoms. The zero-order valence-corrected chi connectivity index (χ0v) is 12.7. The molecule has 5 nitrogen and oxygen atoms in total. The summed E-state index contributed by atoms with van der Waals surface area (Å²) in [4.78, 5) is 2.61. The summed E-state index contributed by atoms with van der Waals surface area (Å²) in [5.41, 5.74) is 1.34. The molecule has 0 bridgehead atoms. The standard InChI is InChI=1S/C14H27N5/c1-5-12-9-19(10-13-8-18(4)17-16-13)14(6-2,7-3)11-15-12/h8,12,15H,5-7,9-11H2,1-4H3. The van der Waals surface area contributed by atoms with Crippen LogP contribution < -0.4 is 5.32 Å². The van der Waals surface area contributed by atoms with Crippen LogP contribution in [0.5, 0.6) is 0 Å². The number of rotatable bonds is 5. The van der Waals surface area contributed by atoms with Gasteiger partial charge in [0.15, 0.2) is 0 Å². The van der Waals surface area contributed by atoms with Gasteiger partial charge in [0.1, 0.15) is 0 Å². The number of piperazine rings is 1. The van der Waals surface area contributed by atoms with Crippen molar-refractivity contribution in [2.45, 2.75) is 58.2 Å². The summed E-state index contributed by atoms with van der Waals surface area (Å²) < 4.78 is 1.79. The van der Waals surface area contributed by atoms with Gasteiger partial charge in [-0.2, -0.15) is 0 Å². The van der Waals surface area contributed by atoms with E-state index in [4.69, 9.17) is 0 Å². The highest BCUT2D eigenvalue weighted by Crippen LogP contribution is 2.28. The molecule has 1 aromatic heterocycles. The number of hydrogen-bond acceptors (Lipinski definition) is 4. The van der Waals surface area contributed by atoms with E-state index in [0.29, 0.717) is 6.04 Å². The van der Waals surface area contributed by atoms with Crippen LogP contribution in [0.3, 0.4) is 0 Å². The van der Waals surface area contributed by atoms with Crippen molar-refractivity contribution < 1.29 is 0 Å². The van der Waals surface area contributed by atoms with E-state index in [-0.39, 0.29) is 5.54 Å². The van der Waals surface area contributed by atoms with E-state index in [9.17, 15) is 0 Å². The van der Waals surface area contributed by atoms with Gasteiger partial charge in [-0.3, -0.25) is 9.58 Å². The van der Waals surface area contributed by atoms with Gasteiger partial charge in [0.05, 0.1) is 5.69 Å². The predicted octanol–water partition coefficient (Wildman–Crippen LogP) is 1.56. The van der Waals surface area contributed by atoms with Gasteiger partial charge in [0.25, 0.3) is 0 Å². The Balaban J connectivity index is 2.15. The Morgan fingerprint density at radius 2 is 2.11 bits per heavy atom. The monoisotopic (exact) mass is 265 g/mol. The number of nitrogens with zero attached hydrogens (tertiary/aromatic N) is 4. The molecule has 1 saturated heterocycles. The summed E-state index contributed by atoms with van der Waals surface area (Å²) in [6, 6.07) is 0.600. The van der Waals surface area contributed by atoms with Gasteiger partial charge in [0, 0.05) is 44.5 Å². The Hall–Kier alpha value is -0.940. The van der Waals surface area contributed by atoms with Crippen LogP contribution in [0.15, 0.2) is 6.20 Å². The molecule has 5 heteroatoms. The second-order valence-electron chi connectivity index (χ2n) is 5.68. The number of aryl methyl sites for hydroxylation is 1. The fourth-order valence-electron chi connectivity index (χ4n) is 3.09. The number of nitrogens with one attached hydrogen (secondary N) is 1. The Morgan fingerprint density at radius 1 is 1.37 bits per heavy atom. The Labute approximate surface area is 116 Å². The first-order chi connectivity index (χ1) is 9.13. The zero-order chi connectivity index (χ0) is 13.9. The van der Waals surface area contributed by atoms with Crippen LogP contribution in [0, 0.1) is 0 Å². The third-order valence-electron chi connectivity index (χ3n) is 4.64. The average Bonchev–Trinajstić information content (AvgIpc) is 2.84. The summed E-state index contributed by atoms with van der Waals surface area (Å²) in [6.07, 6.45) is 5.56. The molecule has 0 aromatic carbocycles. The molecule has 2 heterocycles. The molecule has 1 atom stereocenters. The Morgan fingerprint density at radius 3 is 2.63 bits per heavy atom. The summed E-state index contributed by atoms with van der Waals surface area (Å²) in [6.45, 7) is 9.94. The topological polar surface area (TPSA) is 46.0 Å². The first-order valence-corrected chi connectivity index (χ1v) is 7.47. The van der Waals surface area contributed by atoms with Gasteiger partial charge >= 0.3 is 0 Å². The lowest BCUT2D eigenvalue weighted by Crippen LogP contribution is -2.63. The van der Waals surface area contributed by atoms with Crippen molar-refractivity contribution in [1.29, 1.82) is 0 Å². The molecule has 19 heavy (non-hydrogen) atoms. The first kappa shape index (κ1) is 14.5. The van der Waals surface area contributed by atoms with Crippen molar-refractivity contribution >= 4 is 0 Å². The van der Waals surface area contributed by atoms with Gasteiger partial charge in [0.2, 0.25) is 0 Å². The van der Waals surface area contributed by atoms with E-state index < -0.39 is 0 Å². The minimum absolute atomic E-state index is 0.267. The van der Waals surface area contributed by atoms with Gasteiger partial charge in [-0.05, 0) is 19.3 Å². The molecule has 0 saturated carbocycles. The summed E-state index contributed by atoms with van der Waals surface area (Å²) >= 11 is 0. The number of aromatic nitrogens is 3. The third-order valence-corrected chi connectivity index (χ3v) is 4.64. The van der Waals surface area contributed by atoms with Gasteiger partial charge in [-0.25, -0.2) is 0 Å². The maximum Gasteiger partial charge on any atom is 0.0967 e. The van der Waals surface area contributed by atoms with E-state index in [1.54, 1.807) is 4.68 Å². The van der Waals surface area contributed by atoms with E-state index in [1.807, 2.05) is 13.2 Å². The van der Waals surface area contributed by atoms with E-state index in [1.165, 1.54) is 19.3 Å². The molecule has 1 unspecified atom stereocenters. The highest BCUT2D eigenvalue weighted by atomic mass is 15.4. The maximum atomic E-state index is 4.25. The molecule has 1 aliphatic rings. The average molecular weight is 265 g/mol. The fourth-order valence-corrected chi connectivity index (χ4v) is 3.09. The largest absolute Gasteiger partial charge is 0.311 e. The number of hydrogen-bond donors (Lipinski definition) is 1. The van der Waals surface area contributed by atoms with Crippen LogP contribution in [0.4, 0.5) is 0 Å². The van der Waals surface area contributed by atoms with Crippen molar-refractivity contribution in [3.05, 3.63) is 11.9 Å². The quantitative estimate of drug-likeness (QED) is 0.877. The van der Waals surface area contributed by atoms with Gasteiger partial charge < -0.3 is 5.32 Å². The minimum atomic E-state index is 0.267. The molecule has 0 amide bonds. The lowest BCUT2D eigenvalue weighted by molar-refractivity contribution is 0.0228. The predicted molar refractivity (Wildman–Crippen MR) is 76.8 cm³/mol. The molecular weight excluding hydrogens is 238 g/mol. The summed E-state index contributed by atoms with van der Waals surface area (Å²) in [7, 11) is 1.93. The van der Waals surface area contributed by atoms with Crippen molar-refractivity contribution in [3.63, 3.8) is 0 Å². The summed E-state index contributed by atoms with van der Waals surface area (Å²) in [5.74, 6) is 0. The van der Waals surface area contributed by atoms with Crippen LogP contribution >= 0.6 is 0 Å².